The molecule has 90 valence electrons. The third kappa shape index (κ3) is 2.88. The fourth-order valence-corrected chi connectivity index (χ4v) is 1.75. The van der Waals surface area contributed by atoms with E-state index in [1.807, 2.05) is 0 Å². The molecule has 0 unspecified atom stereocenters. The molecule has 6 nitrogen and oxygen atoms in total. The normalized spacial score (nSPS) is 9.76. The monoisotopic (exact) mass is 301 g/mol. The first-order chi connectivity index (χ1) is 8.01. The van der Waals surface area contributed by atoms with E-state index in [0.717, 1.165) is 0 Å². The van der Waals surface area contributed by atoms with E-state index >= 15 is 0 Å². The molecule has 1 aromatic carbocycles. The van der Waals surface area contributed by atoms with E-state index in [2.05, 4.69) is 15.9 Å². The number of carbonyl (C=O) groups excluding carboxylic acids is 2. The molecule has 0 radical (unpaired) electrons. The van der Waals surface area contributed by atoms with E-state index in [1.165, 1.54) is 12.1 Å². The van der Waals surface area contributed by atoms with Crippen LogP contribution in [0.2, 0.25) is 0 Å². The van der Waals surface area contributed by atoms with Gasteiger partial charge in [-0.2, -0.15) is 0 Å². The Kier molecular flexibility index (Phi) is 4.33. The van der Waals surface area contributed by atoms with Crippen LogP contribution in [0, 0.1) is 10.1 Å². The predicted octanol–water partition coefficient (Wildman–Crippen LogP) is 2.35. The van der Waals surface area contributed by atoms with Crippen LogP contribution in [-0.4, -0.2) is 23.8 Å². The number of ether oxygens (including phenoxy) is 1. The van der Waals surface area contributed by atoms with Gasteiger partial charge in [0.2, 0.25) is 0 Å². The number of hydrogen-bond donors (Lipinski definition) is 0. The quantitative estimate of drug-likeness (QED) is 0.369. The summed E-state index contributed by atoms with van der Waals surface area (Å²) in [6, 6.07) is 2.52. The highest BCUT2D eigenvalue weighted by Gasteiger charge is 2.26. The van der Waals surface area contributed by atoms with E-state index in [1.54, 1.807) is 6.92 Å². The second-order valence-corrected chi connectivity index (χ2v) is 3.90. The molecule has 0 atom stereocenters. The molecule has 0 spiro atoms. The summed E-state index contributed by atoms with van der Waals surface area (Å²) >= 11 is 3.07. The number of nitro groups is 1. The summed E-state index contributed by atoms with van der Waals surface area (Å²) in [5, 5.41) is 10.8. The van der Waals surface area contributed by atoms with Crippen LogP contribution in [0.25, 0.3) is 0 Å². The molecule has 0 amide bonds. The Hall–Kier alpha value is -1.76. The van der Waals surface area contributed by atoms with Crippen molar-refractivity contribution >= 4 is 33.9 Å². The minimum absolute atomic E-state index is 0.0962. The Labute approximate surface area is 105 Å². The third-order valence-corrected chi connectivity index (χ3v) is 2.37. The Morgan fingerprint density at radius 1 is 1.59 bits per heavy atom. The molecule has 0 saturated heterocycles. The molecule has 0 aromatic heterocycles. The Morgan fingerprint density at radius 2 is 2.24 bits per heavy atom. The zero-order chi connectivity index (χ0) is 13.0. The number of rotatable bonds is 4. The maximum Gasteiger partial charge on any atom is 0.345 e. The van der Waals surface area contributed by atoms with Gasteiger partial charge in [0.15, 0.2) is 6.29 Å². The van der Waals surface area contributed by atoms with Crippen LogP contribution in [0.5, 0.6) is 0 Å². The summed E-state index contributed by atoms with van der Waals surface area (Å²) in [4.78, 5) is 32.3. The van der Waals surface area contributed by atoms with Crippen LogP contribution in [0.1, 0.15) is 27.6 Å². The number of benzene rings is 1. The molecule has 0 aliphatic rings. The highest BCUT2D eigenvalue weighted by molar-refractivity contribution is 9.10. The molecule has 0 aliphatic heterocycles. The second kappa shape index (κ2) is 5.53. The molecule has 0 heterocycles. The lowest BCUT2D eigenvalue weighted by atomic mass is 10.1. The maximum atomic E-state index is 11.5. The maximum absolute atomic E-state index is 11.5. The van der Waals surface area contributed by atoms with Gasteiger partial charge in [-0.3, -0.25) is 14.9 Å². The summed E-state index contributed by atoms with van der Waals surface area (Å²) in [5.74, 6) is -0.830. The lowest BCUT2D eigenvalue weighted by Crippen LogP contribution is -2.10. The number of aldehydes is 1. The van der Waals surface area contributed by atoms with E-state index in [0.29, 0.717) is 10.8 Å². The molecule has 1 rings (SSSR count). The van der Waals surface area contributed by atoms with Crippen molar-refractivity contribution in [1.82, 2.24) is 0 Å². The first-order valence-electron chi connectivity index (χ1n) is 4.61. The topological polar surface area (TPSA) is 86.5 Å². The van der Waals surface area contributed by atoms with Crippen molar-refractivity contribution < 1.29 is 19.2 Å². The fraction of sp³-hybridized carbons (Fsp3) is 0.200. The average molecular weight is 302 g/mol. The highest BCUT2D eigenvalue weighted by Crippen LogP contribution is 2.27. The van der Waals surface area contributed by atoms with Crippen molar-refractivity contribution in [2.75, 3.05) is 6.61 Å². The van der Waals surface area contributed by atoms with Crippen LogP contribution in [-0.2, 0) is 4.74 Å². The van der Waals surface area contributed by atoms with Gasteiger partial charge < -0.3 is 4.74 Å². The van der Waals surface area contributed by atoms with Crippen LogP contribution >= 0.6 is 15.9 Å². The van der Waals surface area contributed by atoms with Gasteiger partial charge in [-0.15, -0.1) is 0 Å². The smallest absolute Gasteiger partial charge is 0.345 e. The molecule has 0 fully saturated rings. The van der Waals surface area contributed by atoms with Crippen molar-refractivity contribution in [3.8, 4) is 0 Å². The predicted molar refractivity (Wildman–Crippen MR) is 62.1 cm³/mol. The van der Waals surface area contributed by atoms with Crippen molar-refractivity contribution in [2.24, 2.45) is 0 Å². The number of carbonyl (C=O) groups is 2. The van der Waals surface area contributed by atoms with Gasteiger partial charge in [0.05, 0.1) is 17.1 Å². The van der Waals surface area contributed by atoms with Gasteiger partial charge >= 0.3 is 5.97 Å². The van der Waals surface area contributed by atoms with Crippen molar-refractivity contribution in [3.63, 3.8) is 0 Å². The Balaban J connectivity index is 3.45. The van der Waals surface area contributed by atoms with Gasteiger partial charge in [-0.25, -0.2) is 4.79 Å². The number of halogens is 1. The molecule has 7 heteroatoms. The molecule has 0 aliphatic carbocycles. The van der Waals surface area contributed by atoms with Crippen LogP contribution in [0.15, 0.2) is 16.6 Å². The summed E-state index contributed by atoms with van der Waals surface area (Å²) in [6.07, 6.45) is 0.325. The summed E-state index contributed by atoms with van der Waals surface area (Å²) in [6.45, 7) is 1.68. The average Bonchev–Trinajstić information content (AvgIpc) is 2.27. The van der Waals surface area contributed by atoms with Gasteiger partial charge in [0, 0.05) is 4.47 Å². The van der Waals surface area contributed by atoms with Crippen LogP contribution in [0.4, 0.5) is 5.69 Å². The molecule has 0 N–H and O–H groups in total. The van der Waals surface area contributed by atoms with Crippen molar-refractivity contribution in [1.29, 1.82) is 0 Å². The minimum atomic E-state index is -0.830. The van der Waals surface area contributed by atoms with Gasteiger partial charge in [-0.1, -0.05) is 15.9 Å². The Bertz CT molecular complexity index is 486. The summed E-state index contributed by atoms with van der Waals surface area (Å²) in [5.41, 5.74) is -0.956. The SMILES string of the molecule is CCOC(=O)c1cc(Br)cc(C=O)c1[N+](=O)[O-]. The van der Waals surface area contributed by atoms with Crippen molar-refractivity contribution in [2.45, 2.75) is 6.92 Å². The van der Waals surface area contributed by atoms with Gasteiger partial charge in [0.25, 0.3) is 5.69 Å². The second-order valence-electron chi connectivity index (χ2n) is 2.99. The lowest BCUT2D eigenvalue weighted by Gasteiger charge is -2.05. The van der Waals surface area contributed by atoms with E-state index in [4.69, 9.17) is 4.74 Å². The Morgan fingerprint density at radius 3 is 2.71 bits per heavy atom. The zero-order valence-corrected chi connectivity index (χ0v) is 10.4. The number of hydrogen-bond acceptors (Lipinski definition) is 5. The molecular weight excluding hydrogens is 294 g/mol. The molecule has 0 saturated carbocycles. The molecule has 0 bridgehead atoms. The van der Waals surface area contributed by atoms with Gasteiger partial charge in [0.1, 0.15) is 5.56 Å². The first kappa shape index (κ1) is 13.3. The molecular formula is C10H8BrNO5. The first-order valence-corrected chi connectivity index (χ1v) is 5.40. The third-order valence-electron chi connectivity index (χ3n) is 1.91. The lowest BCUT2D eigenvalue weighted by molar-refractivity contribution is -0.385. The van der Waals surface area contributed by atoms with E-state index in [-0.39, 0.29) is 17.7 Å². The minimum Gasteiger partial charge on any atom is -0.462 e. The largest absolute Gasteiger partial charge is 0.462 e. The van der Waals surface area contributed by atoms with Crippen LogP contribution in [0.3, 0.4) is 0 Å². The number of nitrogens with zero attached hydrogens (tertiary/aromatic N) is 1. The highest BCUT2D eigenvalue weighted by atomic mass is 79.9. The number of esters is 1. The van der Waals surface area contributed by atoms with E-state index < -0.39 is 16.6 Å². The molecule has 1 aromatic rings. The molecule has 17 heavy (non-hydrogen) atoms. The standard InChI is InChI=1S/C10H8BrNO5/c1-2-17-10(14)8-4-7(11)3-6(5-13)9(8)12(15)16/h3-5H,2H2,1H3. The van der Waals surface area contributed by atoms with Crippen LogP contribution < -0.4 is 0 Å². The summed E-state index contributed by atoms with van der Waals surface area (Å²) < 4.78 is 5.09. The fourth-order valence-electron chi connectivity index (χ4n) is 1.28. The number of nitro benzene ring substituents is 1. The summed E-state index contributed by atoms with van der Waals surface area (Å²) in [7, 11) is 0. The van der Waals surface area contributed by atoms with Gasteiger partial charge in [-0.05, 0) is 19.1 Å². The zero-order valence-electron chi connectivity index (χ0n) is 8.81. The van der Waals surface area contributed by atoms with E-state index in [9.17, 15) is 19.7 Å². The van der Waals surface area contributed by atoms with Crippen molar-refractivity contribution in [3.05, 3.63) is 37.8 Å².